The van der Waals surface area contributed by atoms with Gasteiger partial charge in [0, 0.05) is 32.9 Å². The van der Waals surface area contributed by atoms with Crippen LogP contribution in [0.3, 0.4) is 0 Å². The summed E-state index contributed by atoms with van der Waals surface area (Å²) in [5.41, 5.74) is 1.18. The predicted molar refractivity (Wildman–Crippen MR) is 104 cm³/mol. The molecule has 2 aromatic heterocycles. The van der Waals surface area contributed by atoms with E-state index in [1.807, 2.05) is 6.92 Å². The molecule has 3 heterocycles. The van der Waals surface area contributed by atoms with Crippen LogP contribution in [-0.2, 0) is 35.0 Å². The maximum Gasteiger partial charge on any atom is 0.246 e. The highest BCUT2D eigenvalue weighted by atomic mass is 35.5. The third kappa shape index (κ3) is 4.08. The van der Waals surface area contributed by atoms with Crippen molar-refractivity contribution in [3.8, 4) is 0 Å². The van der Waals surface area contributed by atoms with E-state index in [9.17, 15) is 13.2 Å². The molecule has 9 nitrogen and oxygen atoms in total. The Morgan fingerprint density at radius 2 is 2.18 bits per heavy atom. The maximum atomic E-state index is 13.0. The van der Waals surface area contributed by atoms with Crippen LogP contribution in [0.4, 0.5) is 0 Å². The van der Waals surface area contributed by atoms with Gasteiger partial charge in [-0.05, 0) is 26.7 Å². The molecular formula is C17H25ClN6O3S. The van der Waals surface area contributed by atoms with E-state index in [1.54, 1.807) is 24.9 Å². The Morgan fingerprint density at radius 1 is 1.43 bits per heavy atom. The van der Waals surface area contributed by atoms with Crippen LogP contribution < -0.4 is 5.32 Å². The highest BCUT2D eigenvalue weighted by Crippen LogP contribution is 2.25. The molecule has 1 N–H and O–H groups in total. The van der Waals surface area contributed by atoms with Crippen molar-refractivity contribution < 1.29 is 13.2 Å². The topological polar surface area (TPSA) is 102 Å². The first kappa shape index (κ1) is 20.8. The SMILES string of the molecule is CCn1cc(Cl)c(CNC(=O)[C@@H]2CCCN(S(=O)(=O)c3cnn(C)c3C)C2)n1. The van der Waals surface area contributed by atoms with Crippen LogP contribution in [-0.4, -0.2) is 51.3 Å². The Balaban J connectivity index is 1.66. The lowest BCUT2D eigenvalue weighted by atomic mass is 9.99. The molecule has 1 saturated heterocycles. The van der Waals surface area contributed by atoms with E-state index in [1.165, 1.54) is 15.2 Å². The van der Waals surface area contributed by atoms with Crippen molar-refractivity contribution in [3.63, 3.8) is 0 Å². The lowest BCUT2D eigenvalue weighted by Crippen LogP contribution is -2.45. The summed E-state index contributed by atoms with van der Waals surface area (Å²) in [7, 11) is -1.98. The number of rotatable bonds is 6. The second kappa shape index (κ2) is 8.22. The smallest absolute Gasteiger partial charge is 0.246 e. The van der Waals surface area contributed by atoms with Gasteiger partial charge in [-0.2, -0.15) is 14.5 Å². The summed E-state index contributed by atoms with van der Waals surface area (Å²) in [6.45, 7) is 5.12. The molecule has 1 aliphatic rings. The summed E-state index contributed by atoms with van der Waals surface area (Å²) in [6, 6.07) is 0. The van der Waals surface area contributed by atoms with Crippen molar-refractivity contribution >= 4 is 27.5 Å². The highest BCUT2D eigenvalue weighted by Gasteiger charge is 2.35. The van der Waals surface area contributed by atoms with E-state index in [2.05, 4.69) is 15.5 Å². The van der Waals surface area contributed by atoms with Gasteiger partial charge in [-0.15, -0.1) is 0 Å². The minimum absolute atomic E-state index is 0.152. The zero-order chi connectivity index (χ0) is 20.5. The minimum atomic E-state index is -3.68. The van der Waals surface area contributed by atoms with Crippen LogP contribution in [0.5, 0.6) is 0 Å². The third-order valence-electron chi connectivity index (χ3n) is 5.10. The van der Waals surface area contributed by atoms with Gasteiger partial charge in [0.05, 0.1) is 29.4 Å². The molecule has 1 amide bonds. The Kier molecular flexibility index (Phi) is 6.11. The molecule has 0 bridgehead atoms. The van der Waals surface area contributed by atoms with Crippen molar-refractivity contribution in [2.24, 2.45) is 13.0 Å². The van der Waals surface area contributed by atoms with Crippen molar-refractivity contribution in [2.45, 2.75) is 44.7 Å². The van der Waals surface area contributed by atoms with Gasteiger partial charge in [-0.1, -0.05) is 11.6 Å². The van der Waals surface area contributed by atoms with E-state index in [0.29, 0.717) is 42.3 Å². The van der Waals surface area contributed by atoms with Crippen LogP contribution in [0.25, 0.3) is 0 Å². The molecule has 1 aliphatic heterocycles. The van der Waals surface area contributed by atoms with E-state index < -0.39 is 15.9 Å². The Labute approximate surface area is 169 Å². The molecule has 1 fully saturated rings. The van der Waals surface area contributed by atoms with Crippen LogP contribution in [0, 0.1) is 12.8 Å². The summed E-state index contributed by atoms with van der Waals surface area (Å²) >= 11 is 6.13. The van der Waals surface area contributed by atoms with Gasteiger partial charge in [-0.25, -0.2) is 8.42 Å². The number of amides is 1. The normalized spacial score (nSPS) is 18.4. The molecule has 0 unspecified atom stereocenters. The number of piperidine rings is 1. The zero-order valence-electron chi connectivity index (χ0n) is 16.2. The number of hydrogen-bond donors (Lipinski definition) is 1. The van der Waals surface area contributed by atoms with Crippen molar-refractivity contribution in [3.05, 3.63) is 28.8 Å². The van der Waals surface area contributed by atoms with E-state index in [4.69, 9.17) is 11.6 Å². The Bertz CT molecular complexity index is 968. The molecule has 2 aromatic rings. The van der Waals surface area contributed by atoms with Crippen molar-refractivity contribution in [2.75, 3.05) is 13.1 Å². The molecule has 0 aliphatic carbocycles. The van der Waals surface area contributed by atoms with Gasteiger partial charge in [0.2, 0.25) is 15.9 Å². The zero-order valence-corrected chi connectivity index (χ0v) is 17.8. The monoisotopic (exact) mass is 428 g/mol. The first-order valence-electron chi connectivity index (χ1n) is 9.22. The van der Waals surface area contributed by atoms with Crippen LogP contribution in [0.1, 0.15) is 31.2 Å². The first-order chi connectivity index (χ1) is 13.2. The number of nitrogens with zero attached hydrogens (tertiary/aromatic N) is 5. The maximum absolute atomic E-state index is 13.0. The standard InChI is InChI=1S/C17H25ClN6O3S/c1-4-23-11-14(18)15(21-23)8-19-17(25)13-6-5-7-24(10-13)28(26,27)16-9-20-22(3)12(16)2/h9,11,13H,4-8,10H2,1-3H3,(H,19,25)/t13-/m1/s1. The number of nitrogens with one attached hydrogen (secondary N) is 1. The fourth-order valence-corrected chi connectivity index (χ4v) is 5.21. The van der Waals surface area contributed by atoms with Crippen LogP contribution in [0.2, 0.25) is 5.02 Å². The lowest BCUT2D eigenvalue weighted by molar-refractivity contribution is -0.126. The molecule has 0 radical (unpaired) electrons. The fourth-order valence-electron chi connectivity index (χ4n) is 3.28. The average molecular weight is 429 g/mol. The largest absolute Gasteiger partial charge is 0.350 e. The number of aromatic nitrogens is 4. The summed E-state index contributed by atoms with van der Waals surface area (Å²) in [5, 5.41) is 11.7. The van der Waals surface area contributed by atoms with Gasteiger partial charge >= 0.3 is 0 Å². The molecule has 0 saturated carbocycles. The molecule has 28 heavy (non-hydrogen) atoms. The second-order valence-electron chi connectivity index (χ2n) is 6.92. The van der Waals surface area contributed by atoms with Gasteiger partial charge in [-0.3, -0.25) is 14.2 Å². The third-order valence-corrected chi connectivity index (χ3v) is 7.39. The fraction of sp³-hybridized carbons (Fsp3) is 0.588. The molecule has 11 heteroatoms. The van der Waals surface area contributed by atoms with E-state index in [0.717, 1.165) is 0 Å². The number of sulfonamides is 1. The highest BCUT2D eigenvalue weighted by molar-refractivity contribution is 7.89. The average Bonchev–Trinajstić information content (AvgIpc) is 3.22. The summed E-state index contributed by atoms with van der Waals surface area (Å²) in [4.78, 5) is 12.8. The molecule has 0 aromatic carbocycles. The van der Waals surface area contributed by atoms with Crippen molar-refractivity contribution in [1.29, 1.82) is 0 Å². The van der Waals surface area contributed by atoms with E-state index in [-0.39, 0.29) is 23.9 Å². The van der Waals surface area contributed by atoms with Gasteiger partial charge in [0.15, 0.2) is 0 Å². The quantitative estimate of drug-likeness (QED) is 0.747. The molecule has 1 atom stereocenters. The van der Waals surface area contributed by atoms with Gasteiger partial charge < -0.3 is 5.32 Å². The predicted octanol–water partition coefficient (Wildman–Crippen LogP) is 1.32. The number of carbonyl (C=O) groups excluding carboxylic acids is 1. The molecule has 0 spiro atoms. The first-order valence-corrected chi connectivity index (χ1v) is 11.0. The van der Waals surface area contributed by atoms with Crippen LogP contribution in [0.15, 0.2) is 17.3 Å². The number of halogens is 1. The lowest BCUT2D eigenvalue weighted by Gasteiger charge is -2.31. The summed E-state index contributed by atoms with van der Waals surface area (Å²) < 4.78 is 30.5. The minimum Gasteiger partial charge on any atom is -0.350 e. The summed E-state index contributed by atoms with van der Waals surface area (Å²) in [6.07, 6.45) is 4.34. The number of hydrogen-bond acceptors (Lipinski definition) is 5. The Morgan fingerprint density at radius 3 is 2.79 bits per heavy atom. The molecule has 154 valence electrons. The second-order valence-corrected chi connectivity index (χ2v) is 9.23. The summed E-state index contributed by atoms with van der Waals surface area (Å²) in [5.74, 6) is -0.600. The van der Waals surface area contributed by atoms with E-state index >= 15 is 0 Å². The molecular weight excluding hydrogens is 404 g/mol. The van der Waals surface area contributed by atoms with Gasteiger partial charge in [0.1, 0.15) is 10.6 Å². The van der Waals surface area contributed by atoms with Crippen LogP contribution >= 0.6 is 11.6 Å². The number of carbonyl (C=O) groups is 1. The van der Waals surface area contributed by atoms with Gasteiger partial charge in [0.25, 0.3) is 0 Å². The van der Waals surface area contributed by atoms with Crippen molar-refractivity contribution in [1.82, 2.24) is 29.2 Å². The molecule has 3 rings (SSSR count). The number of aryl methyl sites for hydroxylation is 2. The Hall–Kier alpha value is -1.91.